The van der Waals surface area contributed by atoms with Crippen molar-refractivity contribution in [1.82, 2.24) is 14.5 Å². The van der Waals surface area contributed by atoms with E-state index in [0.29, 0.717) is 31.3 Å². The molecule has 0 fully saturated rings. The lowest BCUT2D eigenvalue weighted by Gasteiger charge is -2.16. The number of carbonyl (C=O) groups is 2. The van der Waals surface area contributed by atoms with Gasteiger partial charge in [-0.05, 0) is 24.6 Å². The number of hydrogen-bond acceptors (Lipinski definition) is 8. The zero-order valence-corrected chi connectivity index (χ0v) is 23.4. The van der Waals surface area contributed by atoms with Crippen LogP contribution in [0.5, 0.6) is 11.5 Å². The van der Waals surface area contributed by atoms with Gasteiger partial charge in [0.15, 0.2) is 0 Å². The highest BCUT2D eigenvalue weighted by Gasteiger charge is 2.19. The highest BCUT2D eigenvalue weighted by atomic mass is 35.5. The number of methoxy groups -OCH3 is 2. The largest absolute Gasteiger partial charge is 0.495 e. The summed E-state index contributed by atoms with van der Waals surface area (Å²) in [6, 6.07) is 9.35. The minimum absolute atomic E-state index is 0.184. The Hall–Kier alpha value is -3.87. The average molecular weight is 577 g/mol. The van der Waals surface area contributed by atoms with Crippen molar-refractivity contribution in [1.29, 1.82) is 0 Å². The van der Waals surface area contributed by atoms with Crippen LogP contribution in [-0.2, 0) is 32.2 Å². The fourth-order valence-electron chi connectivity index (χ4n) is 3.88. The topological polar surface area (TPSA) is 139 Å². The van der Waals surface area contributed by atoms with Gasteiger partial charge >= 0.3 is 5.69 Å². The molecule has 40 heavy (non-hydrogen) atoms. The number of fused-ring (bicyclic) bond motifs is 1. The molecule has 13 heteroatoms. The number of rotatable bonds is 15. The Bertz CT molecular complexity index is 1450. The van der Waals surface area contributed by atoms with Crippen LogP contribution in [0.25, 0.3) is 10.9 Å². The number of benzene rings is 2. The molecule has 0 saturated carbocycles. The number of hydrogen-bond donors (Lipinski definition) is 2. The molecule has 2 amide bonds. The molecule has 0 aliphatic carbocycles. The van der Waals surface area contributed by atoms with E-state index in [1.807, 2.05) is 6.92 Å². The van der Waals surface area contributed by atoms with E-state index in [-0.39, 0.29) is 34.8 Å². The Balaban J connectivity index is 1.76. The SMILES string of the molecule is CCCOCCOCCNC(=O)Cn1c(=O)c2ccccc2n(CC(=O)Nc2cc(Cl)c(OC)cc2OC)c1=O. The maximum absolute atomic E-state index is 13.4. The van der Waals surface area contributed by atoms with Crippen LogP contribution >= 0.6 is 11.6 Å². The number of anilines is 1. The lowest BCUT2D eigenvalue weighted by molar-refractivity contribution is -0.122. The molecule has 0 atom stereocenters. The summed E-state index contributed by atoms with van der Waals surface area (Å²) in [6.45, 7) is 2.99. The van der Waals surface area contributed by atoms with Crippen LogP contribution in [0.3, 0.4) is 0 Å². The van der Waals surface area contributed by atoms with Gasteiger partial charge in [0.05, 0.1) is 55.7 Å². The van der Waals surface area contributed by atoms with E-state index in [1.165, 1.54) is 32.4 Å². The van der Waals surface area contributed by atoms with Crippen LogP contribution in [0.4, 0.5) is 5.69 Å². The van der Waals surface area contributed by atoms with Gasteiger partial charge in [-0.15, -0.1) is 0 Å². The number of carbonyl (C=O) groups excluding carboxylic acids is 2. The fourth-order valence-corrected chi connectivity index (χ4v) is 4.12. The van der Waals surface area contributed by atoms with E-state index in [9.17, 15) is 19.2 Å². The summed E-state index contributed by atoms with van der Waals surface area (Å²) in [6.07, 6.45) is 0.920. The van der Waals surface area contributed by atoms with Crippen molar-refractivity contribution >= 4 is 40.0 Å². The Labute approximate surface area is 235 Å². The first-order chi connectivity index (χ1) is 19.3. The van der Waals surface area contributed by atoms with E-state index in [1.54, 1.807) is 18.2 Å². The van der Waals surface area contributed by atoms with Crippen molar-refractivity contribution < 1.29 is 28.5 Å². The maximum Gasteiger partial charge on any atom is 0.332 e. The van der Waals surface area contributed by atoms with Crippen molar-refractivity contribution in [2.75, 3.05) is 52.5 Å². The Morgan fingerprint density at radius 3 is 2.25 bits per heavy atom. The second-order valence-corrected chi connectivity index (χ2v) is 8.99. The summed E-state index contributed by atoms with van der Waals surface area (Å²) < 4.78 is 23.1. The van der Waals surface area contributed by atoms with Gasteiger partial charge < -0.3 is 29.6 Å². The number of ether oxygens (including phenoxy) is 4. The van der Waals surface area contributed by atoms with Gasteiger partial charge in [0, 0.05) is 19.2 Å². The molecule has 0 aliphatic heterocycles. The first kappa shape index (κ1) is 30.7. The van der Waals surface area contributed by atoms with Crippen LogP contribution in [0.15, 0.2) is 46.0 Å². The Morgan fingerprint density at radius 1 is 0.875 bits per heavy atom. The molecule has 0 radical (unpaired) electrons. The van der Waals surface area contributed by atoms with Crippen LogP contribution < -0.4 is 31.4 Å². The highest BCUT2D eigenvalue weighted by Crippen LogP contribution is 2.35. The number of aromatic nitrogens is 2. The average Bonchev–Trinajstić information content (AvgIpc) is 2.95. The molecule has 2 N–H and O–H groups in total. The molecule has 2 aromatic carbocycles. The van der Waals surface area contributed by atoms with E-state index in [2.05, 4.69) is 10.6 Å². The third kappa shape index (κ3) is 7.84. The van der Waals surface area contributed by atoms with Crippen molar-refractivity contribution in [3.63, 3.8) is 0 Å². The van der Waals surface area contributed by atoms with Crippen LogP contribution in [0.1, 0.15) is 13.3 Å². The summed E-state index contributed by atoms with van der Waals surface area (Å²) >= 11 is 6.19. The van der Waals surface area contributed by atoms with E-state index >= 15 is 0 Å². The second-order valence-electron chi connectivity index (χ2n) is 8.59. The van der Waals surface area contributed by atoms with E-state index in [4.69, 9.17) is 30.5 Å². The van der Waals surface area contributed by atoms with Crippen LogP contribution in [-0.4, -0.2) is 68.1 Å². The summed E-state index contributed by atoms with van der Waals surface area (Å²) in [5, 5.41) is 5.73. The van der Waals surface area contributed by atoms with Gasteiger partial charge in [-0.1, -0.05) is 30.7 Å². The lowest BCUT2D eigenvalue weighted by atomic mass is 10.2. The molecule has 1 heterocycles. The molecule has 0 unspecified atom stereocenters. The zero-order chi connectivity index (χ0) is 29.1. The summed E-state index contributed by atoms with van der Waals surface area (Å²) in [5.41, 5.74) is -0.927. The summed E-state index contributed by atoms with van der Waals surface area (Å²) in [7, 11) is 2.87. The highest BCUT2D eigenvalue weighted by molar-refractivity contribution is 6.32. The smallest absolute Gasteiger partial charge is 0.332 e. The van der Waals surface area contributed by atoms with Gasteiger partial charge in [0.1, 0.15) is 24.6 Å². The number of nitrogens with zero attached hydrogens (tertiary/aromatic N) is 2. The predicted molar refractivity (Wildman–Crippen MR) is 151 cm³/mol. The molecular weight excluding hydrogens is 544 g/mol. The first-order valence-corrected chi connectivity index (χ1v) is 13.0. The normalized spacial score (nSPS) is 10.9. The number of amides is 2. The standard InChI is InChI=1S/C27H33ClN4O8/c1-4-10-39-12-13-40-11-9-29-24(33)16-32-26(35)18-7-5-6-8-21(18)31(27(32)36)17-25(34)30-20-14-19(28)22(37-2)15-23(20)38-3/h5-8,14-15H,4,9-13,16-17H2,1-3H3,(H,29,33)(H,30,34). The third-order valence-corrected chi connectivity index (χ3v) is 6.07. The Morgan fingerprint density at radius 2 is 1.55 bits per heavy atom. The molecule has 0 bridgehead atoms. The lowest BCUT2D eigenvalue weighted by Crippen LogP contribution is -2.45. The maximum atomic E-state index is 13.4. The van der Waals surface area contributed by atoms with Crippen LogP contribution in [0, 0.1) is 0 Å². The molecule has 1 aromatic heterocycles. The van der Waals surface area contributed by atoms with Crippen molar-refractivity contribution in [2.45, 2.75) is 26.4 Å². The number of para-hydroxylation sites is 1. The van der Waals surface area contributed by atoms with E-state index in [0.717, 1.165) is 15.6 Å². The number of halogens is 1. The molecule has 3 rings (SSSR count). The predicted octanol–water partition coefficient (Wildman–Crippen LogP) is 2.03. The van der Waals surface area contributed by atoms with Gasteiger partial charge in [0.25, 0.3) is 5.56 Å². The van der Waals surface area contributed by atoms with E-state index < -0.39 is 36.2 Å². The monoisotopic (exact) mass is 576 g/mol. The number of nitrogens with one attached hydrogen (secondary N) is 2. The summed E-state index contributed by atoms with van der Waals surface area (Å²) in [4.78, 5) is 52.0. The molecular formula is C27H33ClN4O8. The second kappa shape index (κ2) is 15.1. The van der Waals surface area contributed by atoms with Gasteiger partial charge in [-0.25, -0.2) is 4.79 Å². The first-order valence-electron chi connectivity index (χ1n) is 12.7. The van der Waals surface area contributed by atoms with Gasteiger partial charge in [-0.2, -0.15) is 0 Å². The fraction of sp³-hybridized carbons (Fsp3) is 0.407. The third-order valence-electron chi connectivity index (χ3n) is 5.77. The van der Waals surface area contributed by atoms with Crippen molar-refractivity contribution in [2.24, 2.45) is 0 Å². The Kier molecular flexibility index (Phi) is 11.5. The van der Waals surface area contributed by atoms with Gasteiger partial charge in [0.2, 0.25) is 11.8 Å². The zero-order valence-electron chi connectivity index (χ0n) is 22.7. The molecule has 0 saturated heterocycles. The molecule has 12 nitrogen and oxygen atoms in total. The molecule has 0 aliphatic rings. The minimum Gasteiger partial charge on any atom is -0.495 e. The molecule has 0 spiro atoms. The van der Waals surface area contributed by atoms with Crippen molar-refractivity contribution in [3.8, 4) is 11.5 Å². The van der Waals surface area contributed by atoms with Crippen molar-refractivity contribution in [3.05, 3.63) is 62.3 Å². The van der Waals surface area contributed by atoms with Gasteiger partial charge in [-0.3, -0.25) is 23.5 Å². The molecule has 3 aromatic rings. The minimum atomic E-state index is -0.807. The molecule has 216 valence electrons. The van der Waals surface area contributed by atoms with Crippen LogP contribution in [0.2, 0.25) is 5.02 Å². The quantitative estimate of drug-likeness (QED) is 0.262. The summed E-state index contributed by atoms with van der Waals surface area (Å²) in [5.74, 6) is -0.474.